The molecule has 2 aliphatic rings. The lowest BCUT2D eigenvalue weighted by atomic mass is 9.65. The molecule has 3 heteroatoms. The fraction of sp³-hybridized carbons (Fsp3) is 1.00. The van der Waals surface area contributed by atoms with Gasteiger partial charge in [-0.2, -0.15) is 0 Å². The van der Waals surface area contributed by atoms with Crippen molar-refractivity contribution in [3.05, 3.63) is 0 Å². The quantitative estimate of drug-likeness (QED) is 0.634. The minimum atomic E-state index is 0.576. The summed E-state index contributed by atoms with van der Waals surface area (Å²) in [6.45, 7) is 5.72. The number of hydrogen-bond donors (Lipinski definition) is 2. The predicted octanol–water partition coefficient (Wildman–Crippen LogP) is 0.267. The molecule has 82 valence electrons. The van der Waals surface area contributed by atoms with Crippen LogP contribution in [-0.2, 0) is 0 Å². The molecule has 1 spiro atoms. The van der Waals surface area contributed by atoms with Crippen molar-refractivity contribution in [3.8, 4) is 0 Å². The minimum Gasteiger partial charge on any atom is -0.330 e. The first-order valence-electron chi connectivity index (χ1n) is 5.86. The first-order chi connectivity index (χ1) is 6.77. The second-order valence-electron chi connectivity index (χ2n) is 5.06. The van der Waals surface area contributed by atoms with Gasteiger partial charge in [-0.15, -0.1) is 0 Å². The van der Waals surface area contributed by atoms with Crippen LogP contribution in [0.2, 0.25) is 0 Å². The second kappa shape index (κ2) is 4.17. The third kappa shape index (κ3) is 1.81. The van der Waals surface area contributed by atoms with Crippen LogP contribution in [0, 0.1) is 11.3 Å². The summed E-state index contributed by atoms with van der Waals surface area (Å²) in [5, 5.41) is 3.46. The molecule has 0 amide bonds. The van der Waals surface area contributed by atoms with Crippen LogP contribution in [-0.4, -0.2) is 44.7 Å². The Balaban J connectivity index is 2.06. The molecule has 1 unspecified atom stereocenters. The Morgan fingerprint density at radius 3 is 2.71 bits per heavy atom. The number of rotatable bonds is 1. The van der Waals surface area contributed by atoms with Crippen LogP contribution in [0.3, 0.4) is 0 Å². The van der Waals surface area contributed by atoms with Gasteiger partial charge in [0.2, 0.25) is 0 Å². The van der Waals surface area contributed by atoms with E-state index >= 15 is 0 Å². The fourth-order valence-electron chi connectivity index (χ4n) is 3.19. The SMILES string of the molecule is CN1CCC2(CCNCC2)C(CN)C1. The van der Waals surface area contributed by atoms with Gasteiger partial charge in [0.25, 0.3) is 0 Å². The molecule has 3 N–H and O–H groups in total. The molecule has 0 saturated carbocycles. The van der Waals surface area contributed by atoms with Crippen molar-refractivity contribution in [1.82, 2.24) is 10.2 Å². The summed E-state index contributed by atoms with van der Waals surface area (Å²) >= 11 is 0. The zero-order valence-corrected chi connectivity index (χ0v) is 9.26. The smallest absolute Gasteiger partial charge is 0.00240 e. The summed E-state index contributed by atoms with van der Waals surface area (Å²) in [5.74, 6) is 0.725. The highest BCUT2D eigenvalue weighted by molar-refractivity contribution is 4.95. The molecule has 2 rings (SSSR count). The molecule has 0 bridgehead atoms. The molecule has 0 aliphatic carbocycles. The van der Waals surface area contributed by atoms with Crippen LogP contribution in [0.5, 0.6) is 0 Å². The summed E-state index contributed by atoms with van der Waals surface area (Å²) in [7, 11) is 2.22. The van der Waals surface area contributed by atoms with E-state index in [0.29, 0.717) is 5.41 Å². The van der Waals surface area contributed by atoms with Crippen molar-refractivity contribution in [2.45, 2.75) is 19.3 Å². The van der Waals surface area contributed by atoms with E-state index in [2.05, 4.69) is 17.3 Å². The Labute approximate surface area is 87.0 Å². The van der Waals surface area contributed by atoms with Crippen molar-refractivity contribution >= 4 is 0 Å². The standard InChI is InChI=1S/C11H23N3/c1-14-7-4-11(10(8-12)9-14)2-5-13-6-3-11/h10,13H,2-9,12H2,1H3. The maximum absolute atomic E-state index is 5.92. The highest BCUT2D eigenvalue weighted by Crippen LogP contribution is 2.42. The maximum Gasteiger partial charge on any atom is 0.00240 e. The van der Waals surface area contributed by atoms with Gasteiger partial charge >= 0.3 is 0 Å². The summed E-state index contributed by atoms with van der Waals surface area (Å²) in [6, 6.07) is 0. The van der Waals surface area contributed by atoms with Crippen LogP contribution in [0.1, 0.15) is 19.3 Å². The van der Waals surface area contributed by atoms with E-state index in [1.54, 1.807) is 0 Å². The van der Waals surface area contributed by atoms with E-state index < -0.39 is 0 Å². The lowest BCUT2D eigenvalue weighted by Crippen LogP contribution is -2.52. The normalized spacial score (nSPS) is 33.4. The molecule has 0 aromatic rings. The lowest BCUT2D eigenvalue weighted by molar-refractivity contribution is 0.0225. The van der Waals surface area contributed by atoms with E-state index in [-0.39, 0.29) is 0 Å². The number of likely N-dealkylation sites (tertiary alicyclic amines) is 1. The van der Waals surface area contributed by atoms with Gasteiger partial charge in [-0.3, -0.25) is 0 Å². The number of nitrogens with one attached hydrogen (secondary N) is 1. The fourth-order valence-corrected chi connectivity index (χ4v) is 3.19. The first-order valence-corrected chi connectivity index (χ1v) is 5.86. The van der Waals surface area contributed by atoms with E-state index in [1.165, 1.54) is 45.4 Å². The van der Waals surface area contributed by atoms with Gasteiger partial charge in [-0.25, -0.2) is 0 Å². The largest absolute Gasteiger partial charge is 0.330 e. The summed E-state index contributed by atoms with van der Waals surface area (Å²) in [6.07, 6.45) is 4.03. The van der Waals surface area contributed by atoms with Gasteiger partial charge in [-0.05, 0) is 63.8 Å². The van der Waals surface area contributed by atoms with Crippen molar-refractivity contribution in [3.63, 3.8) is 0 Å². The topological polar surface area (TPSA) is 41.3 Å². The van der Waals surface area contributed by atoms with Crippen LogP contribution >= 0.6 is 0 Å². The number of nitrogens with two attached hydrogens (primary N) is 1. The molecule has 2 fully saturated rings. The van der Waals surface area contributed by atoms with Gasteiger partial charge in [0.05, 0.1) is 0 Å². The van der Waals surface area contributed by atoms with E-state index in [9.17, 15) is 0 Å². The van der Waals surface area contributed by atoms with Crippen LogP contribution in [0.25, 0.3) is 0 Å². The maximum atomic E-state index is 5.92. The molecule has 14 heavy (non-hydrogen) atoms. The Bertz CT molecular complexity index is 187. The molecule has 0 aromatic heterocycles. The van der Waals surface area contributed by atoms with Crippen LogP contribution in [0.15, 0.2) is 0 Å². The van der Waals surface area contributed by atoms with Crippen molar-refractivity contribution in [2.75, 3.05) is 39.8 Å². The van der Waals surface area contributed by atoms with E-state index in [1.807, 2.05) is 0 Å². The molecule has 1 atom stereocenters. The number of hydrogen-bond acceptors (Lipinski definition) is 3. The molecule has 2 aliphatic heterocycles. The van der Waals surface area contributed by atoms with E-state index in [4.69, 9.17) is 5.73 Å². The zero-order valence-electron chi connectivity index (χ0n) is 9.26. The Hall–Kier alpha value is -0.120. The monoisotopic (exact) mass is 197 g/mol. The third-order valence-corrected chi connectivity index (χ3v) is 4.27. The third-order valence-electron chi connectivity index (χ3n) is 4.27. The Kier molecular flexibility index (Phi) is 3.10. The van der Waals surface area contributed by atoms with Gasteiger partial charge in [0.1, 0.15) is 0 Å². The Morgan fingerprint density at radius 1 is 1.36 bits per heavy atom. The highest BCUT2D eigenvalue weighted by Gasteiger charge is 2.41. The predicted molar refractivity (Wildman–Crippen MR) is 59.2 cm³/mol. The molecule has 2 saturated heterocycles. The van der Waals surface area contributed by atoms with Gasteiger partial charge in [0, 0.05) is 6.54 Å². The highest BCUT2D eigenvalue weighted by atomic mass is 15.1. The second-order valence-corrected chi connectivity index (χ2v) is 5.06. The Morgan fingerprint density at radius 2 is 2.07 bits per heavy atom. The van der Waals surface area contributed by atoms with Crippen LogP contribution in [0.4, 0.5) is 0 Å². The lowest BCUT2D eigenvalue weighted by Gasteiger charge is -2.49. The summed E-state index contributed by atoms with van der Waals surface area (Å²) in [5.41, 5.74) is 6.50. The molecular formula is C11H23N3. The minimum absolute atomic E-state index is 0.576. The van der Waals surface area contributed by atoms with Gasteiger partial charge in [-0.1, -0.05) is 0 Å². The van der Waals surface area contributed by atoms with Gasteiger partial charge in [0.15, 0.2) is 0 Å². The molecule has 2 heterocycles. The van der Waals surface area contributed by atoms with Crippen molar-refractivity contribution < 1.29 is 0 Å². The number of piperidine rings is 2. The first kappa shape index (κ1) is 10.4. The summed E-state index contributed by atoms with van der Waals surface area (Å²) < 4.78 is 0. The van der Waals surface area contributed by atoms with Crippen LogP contribution < -0.4 is 11.1 Å². The molecule has 3 nitrogen and oxygen atoms in total. The average molecular weight is 197 g/mol. The summed E-state index contributed by atoms with van der Waals surface area (Å²) in [4.78, 5) is 2.44. The molecule has 0 radical (unpaired) electrons. The molecule has 0 aromatic carbocycles. The zero-order chi connectivity index (χ0) is 10.0. The van der Waals surface area contributed by atoms with Crippen molar-refractivity contribution in [1.29, 1.82) is 0 Å². The van der Waals surface area contributed by atoms with E-state index in [0.717, 1.165) is 12.5 Å². The van der Waals surface area contributed by atoms with Crippen molar-refractivity contribution in [2.24, 2.45) is 17.1 Å². The molecular weight excluding hydrogens is 174 g/mol. The number of nitrogens with zero attached hydrogens (tertiary/aromatic N) is 1. The average Bonchev–Trinajstić information content (AvgIpc) is 2.23. The van der Waals surface area contributed by atoms with Gasteiger partial charge < -0.3 is 16.0 Å².